The van der Waals surface area contributed by atoms with Crippen LogP contribution in [0.15, 0.2) is 11.6 Å². The van der Waals surface area contributed by atoms with Crippen molar-refractivity contribution in [2.45, 2.75) is 111 Å². The van der Waals surface area contributed by atoms with Gasteiger partial charge < -0.3 is 9.84 Å². The Morgan fingerprint density at radius 1 is 1.10 bits per heavy atom. The molecule has 0 aromatic carbocycles. The molecule has 3 saturated carbocycles. The first kappa shape index (κ1) is 23.8. The van der Waals surface area contributed by atoms with E-state index in [1.807, 2.05) is 14.0 Å². The highest BCUT2D eigenvalue weighted by molar-refractivity contribution is 5.28. The zero-order chi connectivity index (χ0) is 22.7. The summed E-state index contributed by atoms with van der Waals surface area (Å²) in [6.07, 6.45) is 15.1. The molecule has 2 nitrogen and oxygen atoms in total. The Hall–Kier alpha value is -0.340. The zero-order valence-corrected chi connectivity index (χ0v) is 21.6. The van der Waals surface area contributed by atoms with Crippen molar-refractivity contribution in [3.63, 3.8) is 0 Å². The summed E-state index contributed by atoms with van der Waals surface area (Å²) < 4.78 is 5.90. The zero-order valence-electron chi connectivity index (χ0n) is 21.6. The first-order chi connectivity index (χ1) is 14.4. The summed E-state index contributed by atoms with van der Waals surface area (Å²) in [5, 5.41) is 10.8. The Bertz CT molecular complexity index is 685. The first-order valence-electron chi connectivity index (χ1n) is 13.3. The lowest BCUT2D eigenvalue weighted by atomic mass is 9.46. The first-order valence-corrected chi connectivity index (χ1v) is 13.3. The van der Waals surface area contributed by atoms with Crippen LogP contribution in [0.2, 0.25) is 0 Å². The van der Waals surface area contributed by atoms with Crippen molar-refractivity contribution >= 4 is 0 Å². The van der Waals surface area contributed by atoms with Crippen LogP contribution >= 0.6 is 0 Å². The number of hydrogen-bond acceptors (Lipinski definition) is 2. The normalized spacial score (nSPS) is 46.0. The van der Waals surface area contributed by atoms with Crippen LogP contribution in [0, 0.1) is 45.8 Å². The standard InChI is InChI=1S/C29H50O2/c1-20(12-14-26(2,3)4)23-10-11-24-22-9-8-21-18-27(5,30)16-17-29(21,19-31-7)25(22)13-15-28(23,24)6/h8,20,22-25,30H,9-19H2,1-7H3/t20-,22+,23-,24+,25+,27+,28-,29-/m1/s1. The van der Waals surface area contributed by atoms with Crippen LogP contribution < -0.4 is 0 Å². The van der Waals surface area contributed by atoms with Crippen LogP contribution in [-0.2, 0) is 4.74 Å². The van der Waals surface area contributed by atoms with Crippen molar-refractivity contribution in [3.05, 3.63) is 11.6 Å². The van der Waals surface area contributed by atoms with Gasteiger partial charge in [-0.1, -0.05) is 46.3 Å². The average Bonchev–Trinajstić information content (AvgIpc) is 3.03. The SMILES string of the molecule is COC[C@]12CC[C@](C)(O)CC1=CC[C@@H]1[C@@H]2CC[C@]2(C)[C@@H]([C@H](C)CCC(C)(C)C)CC[C@@H]12. The maximum absolute atomic E-state index is 10.8. The number of rotatable bonds is 5. The van der Waals surface area contributed by atoms with Crippen molar-refractivity contribution < 1.29 is 9.84 Å². The molecule has 0 aromatic heterocycles. The Morgan fingerprint density at radius 2 is 1.84 bits per heavy atom. The predicted molar refractivity (Wildman–Crippen MR) is 130 cm³/mol. The molecular weight excluding hydrogens is 380 g/mol. The van der Waals surface area contributed by atoms with Gasteiger partial charge in [-0.3, -0.25) is 0 Å². The largest absolute Gasteiger partial charge is 0.390 e. The molecule has 4 rings (SSSR count). The minimum absolute atomic E-state index is 0.192. The smallest absolute Gasteiger partial charge is 0.0657 e. The number of allylic oxidation sites excluding steroid dienone is 1. The van der Waals surface area contributed by atoms with E-state index in [0.29, 0.717) is 10.8 Å². The van der Waals surface area contributed by atoms with Gasteiger partial charge in [-0.25, -0.2) is 0 Å². The molecule has 0 spiro atoms. The second-order valence-corrected chi connectivity index (χ2v) is 13.9. The second kappa shape index (κ2) is 8.15. The maximum atomic E-state index is 10.8. The van der Waals surface area contributed by atoms with Gasteiger partial charge in [0, 0.05) is 12.5 Å². The number of ether oxygens (including phenoxy) is 1. The molecule has 0 saturated heterocycles. The molecule has 0 unspecified atom stereocenters. The van der Waals surface area contributed by atoms with E-state index in [9.17, 15) is 5.11 Å². The molecule has 178 valence electrons. The fourth-order valence-electron chi connectivity index (χ4n) is 8.97. The van der Waals surface area contributed by atoms with E-state index in [1.54, 1.807) is 0 Å². The Labute approximate surface area is 192 Å². The summed E-state index contributed by atoms with van der Waals surface area (Å²) in [7, 11) is 1.89. The van der Waals surface area contributed by atoms with E-state index in [2.05, 4.69) is 40.7 Å². The summed E-state index contributed by atoms with van der Waals surface area (Å²) in [5.41, 5.74) is 2.17. The van der Waals surface area contributed by atoms with Gasteiger partial charge >= 0.3 is 0 Å². The maximum Gasteiger partial charge on any atom is 0.0657 e. The van der Waals surface area contributed by atoms with Gasteiger partial charge in [-0.05, 0) is 112 Å². The van der Waals surface area contributed by atoms with Crippen LogP contribution in [0.25, 0.3) is 0 Å². The van der Waals surface area contributed by atoms with Gasteiger partial charge in [0.2, 0.25) is 0 Å². The fourth-order valence-corrected chi connectivity index (χ4v) is 8.97. The van der Waals surface area contributed by atoms with E-state index in [4.69, 9.17) is 4.74 Å². The summed E-state index contributed by atoms with van der Waals surface area (Å²) in [4.78, 5) is 0. The van der Waals surface area contributed by atoms with Crippen molar-refractivity contribution in [2.75, 3.05) is 13.7 Å². The highest BCUT2D eigenvalue weighted by atomic mass is 16.5. The molecule has 0 amide bonds. The van der Waals surface area contributed by atoms with Gasteiger partial charge in [0.15, 0.2) is 0 Å². The van der Waals surface area contributed by atoms with Gasteiger partial charge in [0.1, 0.15) is 0 Å². The second-order valence-electron chi connectivity index (χ2n) is 13.9. The molecule has 31 heavy (non-hydrogen) atoms. The number of hydrogen-bond donors (Lipinski definition) is 1. The number of fused-ring (bicyclic) bond motifs is 5. The monoisotopic (exact) mass is 430 g/mol. The van der Waals surface area contributed by atoms with E-state index >= 15 is 0 Å². The molecule has 4 aliphatic carbocycles. The quantitative estimate of drug-likeness (QED) is 0.460. The Morgan fingerprint density at radius 3 is 2.52 bits per heavy atom. The summed E-state index contributed by atoms with van der Waals surface area (Å²) in [6.45, 7) is 15.3. The van der Waals surface area contributed by atoms with Crippen LogP contribution in [0.5, 0.6) is 0 Å². The Balaban J connectivity index is 1.57. The summed E-state index contributed by atoms with van der Waals surface area (Å²) in [6, 6.07) is 0. The van der Waals surface area contributed by atoms with Crippen LogP contribution in [0.3, 0.4) is 0 Å². The van der Waals surface area contributed by atoms with E-state index < -0.39 is 5.60 Å². The van der Waals surface area contributed by atoms with Gasteiger partial charge in [-0.15, -0.1) is 0 Å². The molecule has 4 aliphatic rings. The van der Waals surface area contributed by atoms with Crippen LogP contribution in [0.1, 0.15) is 106 Å². The molecule has 3 fully saturated rings. The highest BCUT2D eigenvalue weighted by Crippen LogP contribution is 2.68. The van der Waals surface area contributed by atoms with Crippen molar-refractivity contribution in [1.29, 1.82) is 0 Å². The van der Waals surface area contributed by atoms with Gasteiger partial charge in [0.25, 0.3) is 0 Å². The number of aliphatic hydroxyl groups is 1. The van der Waals surface area contributed by atoms with E-state index in [-0.39, 0.29) is 5.41 Å². The topological polar surface area (TPSA) is 29.5 Å². The molecule has 0 aliphatic heterocycles. The molecule has 0 heterocycles. The highest BCUT2D eigenvalue weighted by Gasteiger charge is 2.60. The number of methoxy groups -OCH3 is 1. The van der Waals surface area contributed by atoms with Gasteiger partial charge in [0.05, 0.1) is 12.2 Å². The van der Waals surface area contributed by atoms with Crippen LogP contribution in [-0.4, -0.2) is 24.4 Å². The average molecular weight is 431 g/mol. The summed E-state index contributed by atoms with van der Waals surface area (Å²) in [5.74, 6) is 4.20. The van der Waals surface area contributed by atoms with Crippen molar-refractivity contribution in [1.82, 2.24) is 0 Å². The summed E-state index contributed by atoms with van der Waals surface area (Å²) >= 11 is 0. The molecular formula is C29H50O2. The fraction of sp³-hybridized carbons (Fsp3) is 0.931. The lowest BCUT2D eigenvalue weighted by molar-refractivity contribution is -0.0976. The van der Waals surface area contributed by atoms with E-state index in [1.165, 1.54) is 50.5 Å². The molecule has 0 bridgehead atoms. The third-order valence-electron chi connectivity index (χ3n) is 10.6. The minimum Gasteiger partial charge on any atom is -0.390 e. The lowest BCUT2D eigenvalue weighted by Crippen LogP contribution is -2.54. The predicted octanol–water partition coefficient (Wildman–Crippen LogP) is 7.41. The lowest BCUT2D eigenvalue weighted by Gasteiger charge is -2.60. The third kappa shape index (κ3) is 4.18. The minimum atomic E-state index is -0.528. The van der Waals surface area contributed by atoms with Gasteiger partial charge in [-0.2, -0.15) is 0 Å². The van der Waals surface area contributed by atoms with E-state index in [0.717, 1.165) is 55.5 Å². The van der Waals surface area contributed by atoms with Crippen molar-refractivity contribution in [2.24, 2.45) is 45.8 Å². The Kier molecular flexibility index (Phi) is 6.26. The third-order valence-corrected chi connectivity index (χ3v) is 10.6. The molecule has 0 aromatic rings. The van der Waals surface area contributed by atoms with Crippen molar-refractivity contribution in [3.8, 4) is 0 Å². The molecule has 2 heteroatoms. The van der Waals surface area contributed by atoms with Crippen LogP contribution in [0.4, 0.5) is 0 Å². The molecule has 0 radical (unpaired) electrons. The molecule has 8 atom stereocenters. The molecule has 1 N–H and O–H groups in total.